The maximum atomic E-state index is 12.4. The highest BCUT2D eigenvalue weighted by Gasteiger charge is 2.37. The van der Waals surface area contributed by atoms with Crippen LogP contribution in [0.2, 0.25) is 10.2 Å². The van der Waals surface area contributed by atoms with Gasteiger partial charge in [-0.05, 0) is 12.5 Å². The third-order valence-electron chi connectivity index (χ3n) is 4.11. The predicted molar refractivity (Wildman–Crippen MR) is 90.3 cm³/mol. The van der Waals surface area contributed by atoms with Gasteiger partial charge in [0.25, 0.3) is 5.91 Å². The molecule has 1 amide bonds. The molecule has 2 aromatic rings. The predicted octanol–water partition coefficient (Wildman–Crippen LogP) is 4.69. The molecule has 1 atom stereocenters. The third kappa shape index (κ3) is 2.06. The number of ether oxygens (including phenoxy) is 1. The first-order valence-electron chi connectivity index (χ1n) is 7.27. The van der Waals surface area contributed by atoms with Crippen LogP contribution in [0, 0.1) is 0 Å². The molecule has 2 aliphatic rings. The summed E-state index contributed by atoms with van der Waals surface area (Å²) in [6.45, 7) is 2.00. The molecule has 0 spiro atoms. The maximum absolute atomic E-state index is 12.4. The van der Waals surface area contributed by atoms with Crippen molar-refractivity contribution in [1.82, 2.24) is 4.98 Å². The molecule has 0 aliphatic carbocycles. The second-order valence-electron chi connectivity index (χ2n) is 5.41. The van der Waals surface area contributed by atoms with Gasteiger partial charge in [-0.25, -0.2) is 4.98 Å². The Bertz CT molecular complexity index is 877. The van der Waals surface area contributed by atoms with Crippen molar-refractivity contribution in [3.05, 3.63) is 57.3 Å². The van der Waals surface area contributed by atoms with Crippen molar-refractivity contribution >= 4 is 46.1 Å². The number of para-hydroxylation sites is 1. The highest BCUT2D eigenvalue weighted by atomic mass is 35.5. The fourth-order valence-electron chi connectivity index (χ4n) is 3.06. The number of rotatable bonds is 1. The van der Waals surface area contributed by atoms with Crippen molar-refractivity contribution in [3.63, 3.8) is 0 Å². The molecule has 4 rings (SSSR count). The number of fused-ring (bicyclic) bond motifs is 2. The minimum atomic E-state index is -0.235. The standard InChI is InChI=1S/C17H12Cl2N2O2/c1-2-11-12-9(7-20-16(19)14(12)18)15(23-11)13-8-5-3-4-6-10(8)21-17(13)22/h3-7,11H,2H2,1H3,(H,21,22)/b15-13+. The minimum Gasteiger partial charge on any atom is -0.484 e. The molecule has 0 radical (unpaired) electrons. The Morgan fingerprint density at radius 3 is 2.83 bits per heavy atom. The third-order valence-corrected chi connectivity index (χ3v) is 4.88. The van der Waals surface area contributed by atoms with Crippen LogP contribution in [0.4, 0.5) is 5.69 Å². The van der Waals surface area contributed by atoms with E-state index >= 15 is 0 Å². The molecule has 0 bridgehead atoms. The van der Waals surface area contributed by atoms with E-state index in [0.29, 0.717) is 22.8 Å². The molecule has 0 fully saturated rings. The number of hydrogen-bond acceptors (Lipinski definition) is 3. The number of nitrogens with zero attached hydrogens (tertiary/aromatic N) is 1. The zero-order chi connectivity index (χ0) is 16.1. The summed E-state index contributed by atoms with van der Waals surface area (Å²) in [7, 11) is 0. The van der Waals surface area contributed by atoms with Gasteiger partial charge in [0, 0.05) is 28.6 Å². The van der Waals surface area contributed by atoms with Crippen LogP contribution in [0.1, 0.15) is 36.1 Å². The second kappa shape index (κ2) is 5.25. The summed E-state index contributed by atoms with van der Waals surface area (Å²) in [5.41, 5.74) is 3.64. The number of pyridine rings is 1. The Labute approximate surface area is 143 Å². The molecule has 1 aromatic heterocycles. The van der Waals surface area contributed by atoms with E-state index in [-0.39, 0.29) is 17.2 Å². The first-order valence-corrected chi connectivity index (χ1v) is 8.03. The molecule has 1 aromatic carbocycles. The van der Waals surface area contributed by atoms with Gasteiger partial charge in [0.1, 0.15) is 17.0 Å². The number of benzene rings is 1. The number of hydrogen-bond donors (Lipinski definition) is 1. The highest BCUT2D eigenvalue weighted by molar-refractivity contribution is 6.42. The van der Waals surface area contributed by atoms with E-state index in [4.69, 9.17) is 27.9 Å². The number of anilines is 1. The summed E-state index contributed by atoms with van der Waals surface area (Å²) in [5, 5.41) is 3.49. The average Bonchev–Trinajstić information content (AvgIpc) is 3.07. The summed E-state index contributed by atoms with van der Waals surface area (Å²) in [6, 6.07) is 7.52. The normalized spacial score (nSPS) is 21.7. The highest BCUT2D eigenvalue weighted by Crippen LogP contribution is 2.49. The molecule has 1 N–H and O–H groups in total. The fourth-order valence-corrected chi connectivity index (χ4v) is 3.48. The number of halogens is 2. The van der Waals surface area contributed by atoms with Crippen molar-refractivity contribution in [1.29, 1.82) is 0 Å². The molecule has 0 saturated heterocycles. The summed E-state index contributed by atoms with van der Waals surface area (Å²) >= 11 is 12.4. The van der Waals surface area contributed by atoms with Crippen molar-refractivity contribution in [2.45, 2.75) is 19.4 Å². The second-order valence-corrected chi connectivity index (χ2v) is 6.14. The molecular weight excluding hydrogens is 335 g/mol. The molecule has 0 saturated carbocycles. The molecule has 4 nitrogen and oxygen atoms in total. The van der Waals surface area contributed by atoms with Crippen LogP contribution in [-0.2, 0) is 9.53 Å². The Kier molecular flexibility index (Phi) is 3.32. The fraction of sp³-hybridized carbons (Fsp3) is 0.176. The van der Waals surface area contributed by atoms with Crippen LogP contribution >= 0.6 is 23.2 Å². The van der Waals surface area contributed by atoms with Gasteiger partial charge < -0.3 is 10.1 Å². The van der Waals surface area contributed by atoms with Gasteiger partial charge in [-0.1, -0.05) is 48.3 Å². The minimum absolute atomic E-state index is 0.185. The zero-order valence-corrected chi connectivity index (χ0v) is 13.7. The van der Waals surface area contributed by atoms with Crippen LogP contribution in [0.3, 0.4) is 0 Å². The van der Waals surface area contributed by atoms with E-state index in [1.165, 1.54) is 0 Å². The van der Waals surface area contributed by atoms with Gasteiger partial charge in [-0.2, -0.15) is 0 Å². The molecular formula is C17H12Cl2N2O2. The molecule has 2 aliphatic heterocycles. The van der Waals surface area contributed by atoms with Crippen LogP contribution < -0.4 is 5.32 Å². The Morgan fingerprint density at radius 1 is 1.26 bits per heavy atom. The lowest BCUT2D eigenvalue weighted by Gasteiger charge is -2.10. The molecule has 1 unspecified atom stereocenters. The lowest BCUT2D eigenvalue weighted by atomic mass is 10.00. The summed E-state index contributed by atoms with van der Waals surface area (Å²) in [6.07, 6.45) is 2.10. The Balaban J connectivity index is 2.00. The monoisotopic (exact) mass is 346 g/mol. The van der Waals surface area contributed by atoms with Gasteiger partial charge in [-0.15, -0.1) is 0 Å². The SMILES string of the molecule is CCC1O/C(=C2/C(=O)Nc3ccccc32)c2cnc(Cl)c(Cl)c21. The first-order chi connectivity index (χ1) is 11.1. The Hall–Kier alpha value is -2.04. The topological polar surface area (TPSA) is 51.2 Å². The van der Waals surface area contributed by atoms with Crippen LogP contribution in [0.5, 0.6) is 0 Å². The number of nitrogens with one attached hydrogen (secondary N) is 1. The van der Waals surface area contributed by atoms with E-state index in [9.17, 15) is 4.79 Å². The lowest BCUT2D eigenvalue weighted by molar-refractivity contribution is -0.110. The lowest BCUT2D eigenvalue weighted by Crippen LogP contribution is -2.06. The quantitative estimate of drug-likeness (QED) is 0.601. The van der Waals surface area contributed by atoms with Crippen molar-refractivity contribution in [3.8, 4) is 0 Å². The molecule has 3 heterocycles. The van der Waals surface area contributed by atoms with E-state index < -0.39 is 0 Å². The summed E-state index contributed by atoms with van der Waals surface area (Å²) < 4.78 is 6.06. The van der Waals surface area contributed by atoms with Gasteiger partial charge in [-0.3, -0.25) is 4.79 Å². The van der Waals surface area contributed by atoms with Gasteiger partial charge >= 0.3 is 0 Å². The van der Waals surface area contributed by atoms with E-state index in [2.05, 4.69) is 10.3 Å². The van der Waals surface area contributed by atoms with Crippen molar-refractivity contribution in [2.24, 2.45) is 0 Å². The molecule has 6 heteroatoms. The summed E-state index contributed by atoms with van der Waals surface area (Å²) in [4.78, 5) is 16.6. The van der Waals surface area contributed by atoms with Crippen molar-refractivity contribution < 1.29 is 9.53 Å². The maximum Gasteiger partial charge on any atom is 0.260 e. The largest absolute Gasteiger partial charge is 0.484 e. The smallest absolute Gasteiger partial charge is 0.260 e. The number of aromatic nitrogens is 1. The Morgan fingerprint density at radius 2 is 2.04 bits per heavy atom. The van der Waals surface area contributed by atoms with Crippen LogP contribution in [0.25, 0.3) is 11.3 Å². The zero-order valence-electron chi connectivity index (χ0n) is 12.2. The number of carbonyl (C=O) groups excluding carboxylic acids is 1. The van der Waals surface area contributed by atoms with Crippen LogP contribution in [-0.4, -0.2) is 10.9 Å². The van der Waals surface area contributed by atoms with E-state index in [1.807, 2.05) is 31.2 Å². The van der Waals surface area contributed by atoms with Crippen molar-refractivity contribution in [2.75, 3.05) is 5.32 Å². The average molecular weight is 347 g/mol. The van der Waals surface area contributed by atoms with Gasteiger partial charge in [0.05, 0.1) is 10.6 Å². The van der Waals surface area contributed by atoms with Gasteiger partial charge in [0.2, 0.25) is 0 Å². The van der Waals surface area contributed by atoms with E-state index in [0.717, 1.165) is 22.4 Å². The molecule has 23 heavy (non-hydrogen) atoms. The first kappa shape index (κ1) is 14.5. The molecule has 116 valence electrons. The number of amides is 1. The van der Waals surface area contributed by atoms with Gasteiger partial charge in [0.15, 0.2) is 0 Å². The number of carbonyl (C=O) groups is 1. The van der Waals surface area contributed by atoms with E-state index in [1.54, 1.807) is 6.20 Å². The summed E-state index contributed by atoms with van der Waals surface area (Å²) in [5.74, 6) is 0.329. The van der Waals surface area contributed by atoms with Crippen LogP contribution in [0.15, 0.2) is 30.5 Å².